The highest BCUT2D eigenvalue weighted by molar-refractivity contribution is 5.63. The van der Waals surface area contributed by atoms with Crippen LogP contribution in [0.25, 0.3) is 11.1 Å². The minimum absolute atomic E-state index is 0.661. The highest BCUT2D eigenvalue weighted by Gasteiger charge is 2.28. The van der Waals surface area contributed by atoms with Gasteiger partial charge in [-0.25, -0.2) is 8.78 Å². The zero-order chi connectivity index (χ0) is 17.9. The normalized spacial score (nSPS) is 24.5. The topological polar surface area (TPSA) is 0 Å². The maximum Gasteiger partial charge on any atom is 0.159 e. The molecule has 2 heteroatoms. The predicted molar refractivity (Wildman–Crippen MR) is 103 cm³/mol. The van der Waals surface area contributed by atoms with E-state index < -0.39 is 11.6 Å². The van der Waals surface area contributed by atoms with Crippen LogP contribution in [0.4, 0.5) is 8.78 Å². The molecule has 2 aromatic carbocycles. The van der Waals surface area contributed by atoms with Gasteiger partial charge in [0.2, 0.25) is 0 Å². The van der Waals surface area contributed by atoms with E-state index in [0.717, 1.165) is 23.0 Å². The Labute approximate surface area is 155 Å². The van der Waals surface area contributed by atoms with E-state index in [4.69, 9.17) is 0 Å². The molecule has 138 valence electrons. The molecule has 0 heterocycles. The van der Waals surface area contributed by atoms with Crippen molar-refractivity contribution in [1.82, 2.24) is 0 Å². The fourth-order valence-corrected chi connectivity index (χ4v) is 5.15. The number of hydrogen-bond acceptors (Lipinski definition) is 0. The molecule has 0 bridgehead atoms. The molecule has 26 heavy (non-hydrogen) atoms. The van der Waals surface area contributed by atoms with Gasteiger partial charge in [0.1, 0.15) is 0 Å². The van der Waals surface area contributed by atoms with Crippen LogP contribution in [-0.4, -0.2) is 0 Å². The molecule has 0 nitrogen and oxygen atoms in total. The lowest BCUT2D eigenvalue weighted by molar-refractivity contribution is 0.186. The largest absolute Gasteiger partial charge is 0.204 e. The third kappa shape index (κ3) is 3.84. The van der Waals surface area contributed by atoms with Crippen LogP contribution in [-0.2, 0) is 0 Å². The van der Waals surface area contributed by atoms with E-state index in [1.165, 1.54) is 75.5 Å². The Balaban J connectivity index is 1.39. The molecular formula is C24H28F2. The van der Waals surface area contributed by atoms with E-state index in [1.807, 2.05) is 0 Å². The van der Waals surface area contributed by atoms with Crippen molar-refractivity contribution in [3.05, 3.63) is 59.7 Å². The van der Waals surface area contributed by atoms with Gasteiger partial charge in [-0.05, 0) is 72.3 Å². The van der Waals surface area contributed by atoms with E-state index in [2.05, 4.69) is 24.3 Å². The Morgan fingerprint density at radius 1 is 0.577 bits per heavy atom. The molecule has 0 saturated heterocycles. The molecule has 2 aliphatic carbocycles. The van der Waals surface area contributed by atoms with Gasteiger partial charge in [0, 0.05) is 0 Å². The summed E-state index contributed by atoms with van der Waals surface area (Å²) in [6, 6.07) is 12.6. The fraction of sp³-hybridized carbons (Fsp3) is 0.500. The molecule has 4 rings (SSSR count). The van der Waals surface area contributed by atoms with Crippen LogP contribution in [0.15, 0.2) is 42.5 Å². The second kappa shape index (κ2) is 7.90. The second-order valence-corrected chi connectivity index (χ2v) is 8.26. The molecule has 0 aromatic heterocycles. The lowest BCUT2D eigenvalue weighted by atomic mass is 9.70. The molecule has 2 fully saturated rings. The molecule has 0 atom stereocenters. The summed E-state index contributed by atoms with van der Waals surface area (Å²) in [5.41, 5.74) is 3.08. The van der Waals surface area contributed by atoms with E-state index >= 15 is 0 Å². The van der Waals surface area contributed by atoms with Crippen molar-refractivity contribution in [2.75, 3.05) is 0 Å². The van der Waals surface area contributed by atoms with Crippen molar-refractivity contribution in [2.24, 2.45) is 11.8 Å². The Hall–Kier alpha value is -1.70. The molecule has 0 aliphatic heterocycles. The Bertz CT molecular complexity index is 720. The SMILES string of the molecule is Fc1ccc(-c2ccc(C3CCC(C4CCCCC4)CC3)cc2)cc1F. The summed E-state index contributed by atoms with van der Waals surface area (Å²) >= 11 is 0. The number of benzene rings is 2. The Morgan fingerprint density at radius 3 is 1.85 bits per heavy atom. The maximum atomic E-state index is 13.5. The third-order valence-corrected chi connectivity index (χ3v) is 6.72. The van der Waals surface area contributed by atoms with Gasteiger partial charge >= 0.3 is 0 Å². The number of rotatable bonds is 3. The summed E-state index contributed by atoms with van der Waals surface area (Å²) in [7, 11) is 0. The van der Waals surface area contributed by atoms with E-state index in [-0.39, 0.29) is 0 Å². The highest BCUT2D eigenvalue weighted by atomic mass is 19.2. The van der Waals surface area contributed by atoms with E-state index in [0.29, 0.717) is 5.92 Å². The van der Waals surface area contributed by atoms with E-state index in [1.54, 1.807) is 6.07 Å². The van der Waals surface area contributed by atoms with E-state index in [9.17, 15) is 8.78 Å². The zero-order valence-corrected chi connectivity index (χ0v) is 15.4. The monoisotopic (exact) mass is 354 g/mol. The summed E-state index contributed by atoms with van der Waals surface area (Å²) in [5.74, 6) is 1.02. The molecule has 0 spiro atoms. The molecule has 0 N–H and O–H groups in total. The molecule has 2 saturated carbocycles. The van der Waals surface area contributed by atoms with Crippen LogP contribution >= 0.6 is 0 Å². The van der Waals surface area contributed by atoms with Gasteiger partial charge in [0.15, 0.2) is 11.6 Å². The Morgan fingerprint density at radius 2 is 1.19 bits per heavy atom. The van der Waals surface area contributed by atoms with Crippen molar-refractivity contribution in [3.63, 3.8) is 0 Å². The van der Waals surface area contributed by atoms with Crippen LogP contribution < -0.4 is 0 Å². The molecule has 2 aliphatic rings. The molecule has 0 amide bonds. The van der Waals surface area contributed by atoms with Gasteiger partial charge in [-0.15, -0.1) is 0 Å². The lowest BCUT2D eigenvalue weighted by Crippen LogP contribution is -2.23. The molecule has 2 aromatic rings. The van der Waals surface area contributed by atoms with Gasteiger partial charge in [-0.2, -0.15) is 0 Å². The van der Waals surface area contributed by atoms with Crippen molar-refractivity contribution < 1.29 is 8.78 Å². The van der Waals surface area contributed by atoms with Crippen LogP contribution in [0.1, 0.15) is 69.3 Å². The first-order valence-electron chi connectivity index (χ1n) is 10.3. The second-order valence-electron chi connectivity index (χ2n) is 8.26. The van der Waals surface area contributed by atoms with Crippen LogP contribution in [0.5, 0.6) is 0 Å². The molecule has 0 radical (unpaired) electrons. The smallest absolute Gasteiger partial charge is 0.159 e. The van der Waals surface area contributed by atoms with Crippen molar-refractivity contribution in [1.29, 1.82) is 0 Å². The van der Waals surface area contributed by atoms with Gasteiger partial charge in [-0.3, -0.25) is 0 Å². The van der Waals surface area contributed by atoms with Gasteiger partial charge in [0.05, 0.1) is 0 Å². The van der Waals surface area contributed by atoms with Crippen LogP contribution in [0.2, 0.25) is 0 Å². The lowest BCUT2D eigenvalue weighted by Gasteiger charge is -2.36. The summed E-state index contributed by atoms with van der Waals surface area (Å²) in [6.45, 7) is 0. The summed E-state index contributed by atoms with van der Waals surface area (Å²) in [4.78, 5) is 0. The summed E-state index contributed by atoms with van der Waals surface area (Å²) in [6.07, 6.45) is 12.6. The quantitative estimate of drug-likeness (QED) is 0.536. The number of halogens is 2. The summed E-state index contributed by atoms with van der Waals surface area (Å²) < 4.78 is 26.6. The van der Waals surface area contributed by atoms with Gasteiger partial charge < -0.3 is 0 Å². The summed E-state index contributed by atoms with van der Waals surface area (Å²) in [5, 5.41) is 0. The first-order valence-corrected chi connectivity index (χ1v) is 10.3. The van der Waals surface area contributed by atoms with Crippen molar-refractivity contribution >= 4 is 0 Å². The third-order valence-electron chi connectivity index (χ3n) is 6.72. The standard InChI is InChI=1S/C24H28F2/c25-23-15-14-22(16-24(23)26)21-12-10-20(11-13-21)19-8-6-18(7-9-19)17-4-2-1-3-5-17/h10-19H,1-9H2. The zero-order valence-electron chi connectivity index (χ0n) is 15.4. The van der Waals surface area contributed by atoms with Crippen molar-refractivity contribution in [2.45, 2.75) is 63.7 Å². The number of hydrogen-bond donors (Lipinski definition) is 0. The minimum atomic E-state index is -0.792. The Kier molecular flexibility index (Phi) is 5.38. The van der Waals surface area contributed by atoms with Crippen LogP contribution in [0, 0.1) is 23.5 Å². The average molecular weight is 354 g/mol. The van der Waals surface area contributed by atoms with Crippen molar-refractivity contribution in [3.8, 4) is 11.1 Å². The maximum absolute atomic E-state index is 13.5. The minimum Gasteiger partial charge on any atom is -0.204 e. The fourth-order valence-electron chi connectivity index (χ4n) is 5.15. The average Bonchev–Trinajstić information content (AvgIpc) is 2.71. The first kappa shape index (κ1) is 17.7. The van der Waals surface area contributed by atoms with Crippen LogP contribution in [0.3, 0.4) is 0 Å². The molecular weight excluding hydrogens is 326 g/mol. The first-order chi connectivity index (χ1) is 12.7. The molecule has 0 unspecified atom stereocenters. The van der Waals surface area contributed by atoms with Gasteiger partial charge in [0.25, 0.3) is 0 Å². The highest BCUT2D eigenvalue weighted by Crippen LogP contribution is 2.43. The van der Waals surface area contributed by atoms with Gasteiger partial charge in [-0.1, -0.05) is 62.4 Å². The predicted octanol–water partition coefficient (Wildman–Crippen LogP) is 7.49.